The van der Waals surface area contributed by atoms with Gasteiger partial charge in [0.15, 0.2) is 0 Å². The fourth-order valence-electron chi connectivity index (χ4n) is 1.49. The van der Waals surface area contributed by atoms with Gasteiger partial charge in [-0.3, -0.25) is 0 Å². The van der Waals surface area contributed by atoms with Crippen LogP contribution in [0.4, 0.5) is 5.82 Å². The number of aromatic nitrogens is 1. The molecule has 0 bridgehead atoms. The Kier molecular flexibility index (Phi) is 1.96. The Labute approximate surface area is 71.7 Å². The Balaban J connectivity index is 2.11. The lowest BCUT2D eigenvalue weighted by molar-refractivity contribution is 0.198. The summed E-state index contributed by atoms with van der Waals surface area (Å²) in [6.45, 7) is 1.63. The van der Waals surface area contributed by atoms with Gasteiger partial charge in [0.1, 0.15) is 5.82 Å². The summed E-state index contributed by atoms with van der Waals surface area (Å²) < 4.78 is 0. The molecular weight excluding hydrogens is 152 g/mol. The summed E-state index contributed by atoms with van der Waals surface area (Å²) in [5.74, 6) is 0.967. The fraction of sp³-hybridized carbons (Fsp3) is 0.444. The van der Waals surface area contributed by atoms with Crippen LogP contribution in [0, 0.1) is 0 Å². The highest BCUT2D eigenvalue weighted by Crippen LogP contribution is 2.16. The summed E-state index contributed by atoms with van der Waals surface area (Å²) in [6, 6.07) is 5.83. The number of anilines is 1. The number of β-amino-alcohol motifs (C(OH)–C–C–N with tert-alkyl or cyclic N) is 1. The molecule has 0 radical (unpaired) electrons. The Hall–Kier alpha value is -1.09. The summed E-state index contributed by atoms with van der Waals surface area (Å²) in [5.41, 5.74) is 0. The first-order valence-electron chi connectivity index (χ1n) is 4.20. The average Bonchev–Trinajstić information content (AvgIpc) is 2.54. The third-order valence-electron chi connectivity index (χ3n) is 2.14. The van der Waals surface area contributed by atoms with Gasteiger partial charge < -0.3 is 10.0 Å². The molecule has 2 heterocycles. The molecule has 0 unspecified atom stereocenters. The molecule has 64 valence electrons. The number of pyridine rings is 1. The maximum Gasteiger partial charge on any atom is 0.128 e. The molecule has 3 heteroatoms. The van der Waals surface area contributed by atoms with E-state index in [-0.39, 0.29) is 6.10 Å². The fourth-order valence-corrected chi connectivity index (χ4v) is 1.49. The van der Waals surface area contributed by atoms with E-state index in [0.29, 0.717) is 0 Å². The minimum atomic E-state index is -0.174. The van der Waals surface area contributed by atoms with Crippen LogP contribution in [0.2, 0.25) is 0 Å². The molecule has 2 rings (SSSR count). The van der Waals surface area contributed by atoms with Crippen molar-refractivity contribution in [3.05, 3.63) is 24.4 Å². The van der Waals surface area contributed by atoms with E-state index in [1.165, 1.54) is 0 Å². The van der Waals surface area contributed by atoms with E-state index in [0.717, 1.165) is 25.3 Å². The Bertz CT molecular complexity index is 250. The lowest BCUT2D eigenvalue weighted by atomic mass is 10.3. The lowest BCUT2D eigenvalue weighted by Crippen LogP contribution is -2.21. The summed E-state index contributed by atoms with van der Waals surface area (Å²) in [4.78, 5) is 6.31. The predicted octanol–water partition coefficient (Wildman–Crippen LogP) is 0.653. The molecule has 0 saturated carbocycles. The van der Waals surface area contributed by atoms with Gasteiger partial charge in [-0.15, -0.1) is 0 Å². The van der Waals surface area contributed by atoms with E-state index in [9.17, 15) is 5.11 Å². The summed E-state index contributed by atoms with van der Waals surface area (Å²) in [7, 11) is 0. The Morgan fingerprint density at radius 1 is 1.50 bits per heavy atom. The molecule has 1 aromatic rings. The maximum absolute atomic E-state index is 9.29. The minimum Gasteiger partial charge on any atom is -0.391 e. The molecule has 0 spiro atoms. The van der Waals surface area contributed by atoms with Crippen LogP contribution in [-0.2, 0) is 0 Å². The van der Waals surface area contributed by atoms with Crippen LogP contribution in [0.15, 0.2) is 24.4 Å². The van der Waals surface area contributed by atoms with Gasteiger partial charge in [0.25, 0.3) is 0 Å². The SMILES string of the molecule is O[C@H]1CCN(c2ccccn2)C1. The third-order valence-corrected chi connectivity index (χ3v) is 2.14. The lowest BCUT2D eigenvalue weighted by Gasteiger charge is -2.15. The third kappa shape index (κ3) is 1.41. The standard InChI is InChI=1S/C9H12N2O/c12-8-4-6-11(7-8)9-3-1-2-5-10-9/h1-3,5,8,12H,4,6-7H2/t8-/m0/s1. The van der Waals surface area contributed by atoms with Crippen molar-refractivity contribution < 1.29 is 5.11 Å². The zero-order valence-electron chi connectivity index (χ0n) is 6.85. The first kappa shape index (κ1) is 7.55. The van der Waals surface area contributed by atoms with Crippen LogP contribution in [-0.4, -0.2) is 29.3 Å². The van der Waals surface area contributed by atoms with Gasteiger partial charge in [-0.25, -0.2) is 4.98 Å². The van der Waals surface area contributed by atoms with Crippen molar-refractivity contribution in [2.24, 2.45) is 0 Å². The Morgan fingerprint density at radius 2 is 2.42 bits per heavy atom. The molecule has 1 saturated heterocycles. The number of hydrogen-bond acceptors (Lipinski definition) is 3. The smallest absolute Gasteiger partial charge is 0.128 e. The zero-order valence-corrected chi connectivity index (χ0v) is 6.85. The Morgan fingerprint density at radius 3 is 3.00 bits per heavy atom. The molecule has 12 heavy (non-hydrogen) atoms. The maximum atomic E-state index is 9.29. The van der Waals surface area contributed by atoms with Gasteiger partial charge in [-0.2, -0.15) is 0 Å². The van der Waals surface area contributed by atoms with Crippen LogP contribution >= 0.6 is 0 Å². The molecule has 0 aliphatic carbocycles. The molecular formula is C9H12N2O. The first-order valence-corrected chi connectivity index (χ1v) is 4.20. The zero-order chi connectivity index (χ0) is 8.39. The van der Waals surface area contributed by atoms with E-state index in [4.69, 9.17) is 0 Å². The van der Waals surface area contributed by atoms with Crippen LogP contribution in [0.1, 0.15) is 6.42 Å². The van der Waals surface area contributed by atoms with Crippen molar-refractivity contribution in [1.82, 2.24) is 4.98 Å². The number of rotatable bonds is 1. The van der Waals surface area contributed by atoms with Gasteiger partial charge in [0.2, 0.25) is 0 Å². The molecule has 1 N–H and O–H groups in total. The number of nitrogens with zero attached hydrogens (tertiary/aromatic N) is 2. The normalized spacial score (nSPS) is 23.1. The van der Waals surface area contributed by atoms with Crippen LogP contribution < -0.4 is 4.90 Å². The van der Waals surface area contributed by atoms with Gasteiger partial charge in [-0.1, -0.05) is 6.07 Å². The summed E-state index contributed by atoms with van der Waals surface area (Å²) in [6.07, 6.45) is 2.46. The van der Waals surface area contributed by atoms with Gasteiger partial charge in [0.05, 0.1) is 6.10 Å². The highest BCUT2D eigenvalue weighted by molar-refractivity contribution is 5.38. The van der Waals surface area contributed by atoms with E-state index in [2.05, 4.69) is 9.88 Å². The molecule has 1 atom stereocenters. The van der Waals surface area contributed by atoms with Crippen molar-refractivity contribution in [3.8, 4) is 0 Å². The van der Waals surface area contributed by atoms with Gasteiger partial charge in [-0.05, 0) is 18.6 Å². The van der Waals surface area contributed by atoms with Gasteiger partial charge in [0, 0.05) is 19.3 Å². The molecule has 0 amide bonds. The van der Waals surface area contributed by atoms with Crippen molar-refractivity contribution in [2.75, 3.05) is 18.0 Å². The molecule has 1 fully saturated rings. The molecule has 1 aliphatic rings. The largest absolute Gasteiger partial charge is 0.391 e. The highest BCUT2D eigenvalue weighted by atomic mass is 16.3. The second-order valence-electron chi connectivity index (χ2n) is 3.08. The minimum absolute atomic E-state index is 0.174. The topological polar surface area (TPSA) is 36.4 Å². The number of hydrogen-bond donors (Lipinski definition) is 1. The summed E-state index contributed by atoms with van der Waals surface area (Å²) >= 11 is 0. The van der Waals surface area contributed by atoms with E-state index >= 15 is 0 Å². The van der Waals surface area contributed by atoms with E-state index in [1.807, 2.05) is 18.2 Å². The molecule has 1 aromatic heterocycles. The second kappa shape index (κ2) is 3.11. The van der Waals surface area contributed by atoms with Crippen molar-refractivity contribution in [2.45, 2.75) is 12.5 Å². The van der Waals surface area contributed by atoms with Crippen LogP contribution in [0.25, 0.3) is 0 Å². The number of aliphatic hydroxyl groups excluding tert-OH is 1. The van der Waals surface area contributed by atoms with Gasteiger partial charge >= 0.3 is 0 Å². The van der Waals surface area contributed by atoms with Crippen LogP contribution in [0.5, 0.6) is 0 Å². The molecule has 0 aromatic carbocycles. The van der Waals surface area contributed by atoms with Crippen molar-refractivity contribution >= 4 is 5.82 Å². The van der Waals surface area contributed by atoms with E-state index < -0.39 is 0 Å². The van der Waals surface area contributed by atoms with Crippen molar-refractivity contribution in [1.29, 1.82) is 0 Å². The average molecular weight is 164 g/mol. The number of aliphatic hydroxyl groups is 1. The molecule has 1 aliphatic heterocycles. The summed E-state index contributed by atoms with van der Waals surface area (Å²) in [5, 5.41) is 9.29. The monoisotopic (exact) mass is 164 g/mol. The van der Waals surface area contributed by atoms with Crippen molar-refractivity contribution in [3.63, 3.8) is 0 Å². The highest BCUT2D eigenvalue weighted by Gasteiger charge is 2.20. The first-order chi connectivity index (χ1) is 5.86. The molecule has 3 nitrogen and oxygen atoms in total. The second-order valence-corrected chi connectivity index (χ2v) is 3.08. The van der Waals surface area contributed by atoms with Crippen LogP contribution in [0.3, 0.4) is 0 Å². The predicted molar refractivity (Wildman–Crippen MR) is 47.1 cm³/mol. The van der Waals surface area contributed by atoms with E-state index in [1.54, 1.807) is 6.20 Å². The quantitative estimate of drug-likeness (QED) is 0.662.